The predicted octanol–water partition coefficient (Wildman–Crippen LogP) is 4.03. The van der Waals surface area contributed by atoms with Gasteiger partial charge in [0.25, 0.3) is 10.1 Å². The van der Waals surface area contributed by atoms with Gasteiger partial charge in [0, 0.05) is 42.0 Å². The van der Waals surface area contributed by atoms with Gasteiger partial charge in [0.2, 0.25) is 0 Å². The third-order valence-corrected chi connectivity index (χ3v) is 6.29. The van der Waals surface area contributed by atoms with E-state index in [1.165, 1.54) is 6.08 Å². The fraction of sp³-hybridized carbons (Fsp3) is 0.348. The van der Waals surface area contributed by atoms with E-state index in [1.807, 2.05) is 36.9 Å². The van der Waals surface area contributed by atoms with Gasteiger partial charge < -0.3 is 14.2 Å². The summed E-state index contributed by atoms with van der Waals surface area (Å²) in [5, 5.41) is 0.821. The summed E-state index contributed by atoms with van der Waals surface area (Å²) in [5.74, 6) is 0. The van der Waals surface area contributed by atoms with Crippen LogP contribution < -0.4 is 10.5 Å². The van der Waals surface area contributed by atoms with E-state index in [9.17, 15) is 17.8 Å². The van der Waals surface area contributed by atoms with E-state index in [0.717, 1.165) is 29.9 Å². The summed E-state index contributed by atoms with van der Waals surface area (Å²) in [6, 6.07) is 7.60. The average molecular weight is 445 g/mol. The first kappa shape index (κ1) is 22.8. The lowest BCUT2D eigenvalue weighted by Crippen LogP contribution is -2.34. The number of benzene rings is 1. The maximum Gasteiger partial charge on any atom is 0.343 e. The van der Waals surface area contributed by atoms with Crippen LogP contribution >= 0.6 is 0 Å². The molecule has 2 aromatic rings. The molecule has 166 valence electrons. The molecule has 2 heterocycles. The number of hydrogen-bond donors (Lipinski definition) is 1. The summed E-state index contributed by atoms with van der Waals surface area (Å²) >= 11 is 0. The molecule has 0 aliphatic carbocycles. The van der Waals surface area contributed by atoms with Gasteiger partial charge in [0.1, 0.15) is 5.58 Å². The predicted molar refractivity (Wildman–Crippen MR) is 125 cm³/mol. The van der Waals surface area contributed by atoms with Crippen molar-refractivity contribution in [2.24, 2.45) is 0 Å². The zero-order chi connectivity index (χ0) is 22.8. The second-order valence-corrected chi connectivity index (χ2v) is 9.11. The minimum atomic E-state index is -4.25. The van der Waals surface area contributed by atoms with Crippen molar-refractivity contribution in [2.45, 2.75) is 33.7 Å². The van der Waals surface area contributed by atoms with Gasteiger partial charge in [-0.3, -0.25) is 4.55 Å². The summed E-state index contributed by atoms with van der Waals surface area (Å²) < 4.78 is 37.8. The van der Waals surface area contributed by atoms with E-state index in [-0.39, 0.29) is 17.5 Å². The summed E-state index contributed by atoms with van der Waals surface area (Å²) in [4.78, 5) is 16.5. The van der Waals surface area contributed by atoms with Crippen molar-refractivity contribution in [3.63, 3.8) is 0 Å². The molecule has 1 aromatic heterocycles. The SMILES string of the molecule is CCN(CC)c1ccc2cc(/C=C/C3=CC=C(S(=O)(=O)O)CN3C(C)C)c(=O)oc2c1. The number of nitrogens with zero attached hydrogens (tertiary/aromatic N) is 2. The Bertz CT molecular complexity index is 1220. The van der Waals surface area contributed by atoms with E-state index in [1.54, 1.807) is 24.3 Å². The van der Waals surface area contributed by atoms with Crippen LogP contribution in [0.15, 0.2) is 62.3 Å². The Labute approximate surface area is 182 Å². The monoisotopic (exact) mass is 444 g/mol. The summed E-state index contributed by atoms with van der Waals surface area (Å²) in [5.41, 5.74) is 2.23. The topological polar surface area (TPSA) is 91.1 Å². The van der Waals surface area contributed by atoms with Gasteiger partial charge in [-0.1, -0.05) is 0 Å². The molecule has 7 nitrogen and oxygen atoms in total. The van der Waals surface area contributed by atoms with Crippen molar-refractivity contribution >= 4 is 32.9 Å². The van der Waals surface area contributed by atoms with Crippen LogP contribution in [0.3, 0.4) is 0 Å². The van der Waals surface area contributed by atoms with Gasteiger partial charge in [-0.05, 0) is 70.2 Å². The summed E-state index contributed by atoms with van der Waals surface area (Å²) in [7, 11) is -4.25. The van der Waals surface area contributed by atoms with Gasteiger partial charge in [-0.2, -0.15) is 8.42 Å². The molecule has 1 aliphatic rings. The van der Waals surface area contributed by atoms with Crippen molar-refractivity contribution in [2.75, 3.05) is 24.5 Å². The second kappa shape index (κ2) is 9.11. The Balaban J connectivity index is 1.95. The third kappa shape index (κ3) is 5.08. The van der Waals surface area contributed by atoms with Crippen molar-refractivity contribution < 1.29 is 17.4 Å². The number of rotatable bonds is 7. The highest BCUT2D eigenvalue weighted by atomic mass is 32.2. The lowest BCUT2D eigenvalue weighted by Gasteiger charge is -2.32. The zero-order valence-corrected chi connectivity index (χ0v) is 19.0. The molecule has 0 saturated carbocycles. The van der Waals surface area contributed by atoms with Crippen LogP contribution in [0.5, 0.6) is 0 Å². The van der Waals surface area contributed by atoms with Crippen molar-refractivity contribution in [3.8, 4) is 0 Å². The van der Waals surface area contributed by atoms with Crippen LogP contribution in [0, 0.1) is 0 Å². The molecule has 0 spiro atoms. The van der Waals surface area contributed by atoms with E-state index in [2.05, 4.69) is 18.7 Å². The van der Waals surface area contributed by atoms with Gasteiger partial charge >= 0.3 is 5.63 Å². The molecule has 3 rings (SSSR count). The third-order valence-electron chi connectivity index (χ3n) is 5.36. The molecule has 0 bridgehead atoms. The van der Waals surface area contributed by atoms with E-state index in [4.69, 9.17) is 4.42 Å². The largest absolute Gasteiger partial charge is 0.422 e. The Morgan fingerprint density at radius 3 is 2.48 bits per heavy atom. The molecule has 1 aromatic carbocycles. The first-order valence-corrected chi connectivity index (χ1v) is 11.7. The van der Waals surface area contributed by atoms with Crippen LogP contribution in [0.4, 0.5) is 5.69 Å². The van der Waals surface area contributed by atoms with E-state index >= 15 is 0 Å². The van der Waals surface area contributed by atoms with Crippen LogP contribution in [-0.4, -0.2) is 43.5 Å². The van der Waals surface area contributed by atoms with Crippen LogP contribution in [0.1, 0.15) is 33.3 Å². The number of allylic oxidation sites excluding steroid dienone is 3. The highest BCUT2D eigenvalue weighted by Crippen LogP contribution is 2.24. The minimum absolute atomic E-state index is 0.00661. The molecule has 0 amide bonds. The van der Waals surface area contributed by atoms with E-state index < -0.39 is 15.7 Å². The smallest absolute Gasteiger partial charge is 0.343 e. The first-order chi connectivity index (χ1) is 14.6. The molecule has 0 fully saturated rings. The standard InChI is InChI=1S/C23H28N2O5S/c1-5-24(6-2)20-10-7-17-13-18(23(26)30-22(17)14-20)8-9-19-11-12-21(31(27,28)29)15-25(19)16(3)4/h7-14,16H,5-6,15H2,1-4H3,(H,27,28,29)/b9-8+. The molecule has 1 N–H and O–H groups in total. The van der Waals surface area contributed by atoms with Crippen molar-refractivity contribution in [3.05, 3.63) is 69.1 Å². The van der Waals surface area contributed by atoms with Crippen LogP contribution in [-0.2, 0) is 10.1 Å². The number of anilines is 1. The maximum atomic E-state index is 12.5. The van der Waals surface area contributed by atoms with Crippen LogP contribution in [0.2, 0.25) is 0 Å². The Morgan fingerprint density at radius 1 is 1.16 bits per heavy atom. The normalized spacial score (nSPS) is 15.0. The lowest BCUT2D eigenvalue weighted by atomic mass is 10.1. The molecule has 0 radical (unpaired) electrons. The van der Waals surface area contributed by atoms with Gasteiger partial charge in [0.15, 0.2) is 0 Å². The fourth-order valence-corrected chi connectivity index (χ4v) is 4.12. The van der Waals surface area contributed by atoms with Gasteiger partial charge in [-0.15, -0.1) is 0 Å². The Morgan fingerprint density at radius 2 is 1.87 bits per heavy atom. The molecule has 0 unspecified atom stereocenters. The molecular formula is C23H28N2O5S. The number of hydrogen-bond acceptors (Lipinski definition) is 6. The lowest BCUT2D eigenvalue weighted by molar-refractivity contribution is 0.314. The average Bonchev–Trinajstić information content (AvgIpc) is 2.72. The maximum absolute atomic E-state index is 12.5. The molecule has 0 atom stereocenters. The molecule has 1 aliphatic heterocycles. The molecular weight excluding hydrogens is 416 g/mol. The first-order valence-electron chi connectivity index (χ1n) is 10.3. The Hall–Kier alpha value is -2.84. The summed E-state index contributed by atoms with van der Waals surface area (Å²) in [6.07, 6.45) is 6.41. The van der Waals surface area contributed by atoms with E-state index in [0.29, 0.717) is 11.1 Å². The number of fused-ring (bicyclic) bond motifs is 1. The van der Waals surface area contributed by atoms with Crippen molar-refractivity contribution in [1.29, 1.82) is 0 Å². The highest BCUT2D eigenvalue weighted by molar-refractivity contribution is 7.89. The fourth-order valence-electron chi connectivity index (χ4n) is 3.58. The Kier molecular flexibility index (Phi) is 6.71. The molecule has 31 heavy (non-hydrogen) atoms. The van der Waals surface area contributed by atoms with Crippen LogP contribution in [0.25, 0.3) is 17.0 Å². The second-order valence-electron chi connectivity index (χ2n) is 7.64. The summed E-state index contributed by atoms with van der Waals surface area (Å²) in [6.45, 7) is 9.79. The van der Waals surface area contributed by atoms with Gasteiger partial charge in [-0.25, -0.2) is 4.79 Å². The highest BCUT2D eigenvalue weighted by Gasteiger charge is 2.23. The van der Waals surface area contributed by atoms with Gasteiger partial charge in [0.05, 0.1) is 17.0 Å². The molecule has 8 heteroatoms. The zero-order valence-electron chi connectivity index (χ0n) is 18.2. The minimum Gasteiger partial charge on any atom is -0.422 e. The molecule has 0 saturated heterocycles. The van der Waals surface area contributed by atoms with Crippen molar-refractivity contribution in [1.82, 2.24) is 4.90 Å². The quantitative estimate of drug-likeness (QED) is 0.509.